The number of pyridine rings is 1. The third kappa shape index (κ3) is 5.97. The second-order valence-corrected chi connectivity index (χ2v) is 9.70. The summed E-state index contributed by atoms with van der Waals surface area (Å²) in [6.45, 7) is 2.49. The third-order valence-electron chi connectivity index (χ3n) is 6.88. The van der Waals surface area contributed by atoms with Gasteiger partial charge in [0.05, 0.1) is 29.9 Å². The molecule has 0 radical (unpaired) electrons. The SMILES string of the molecule is COc1cc(OCc2ccccn2)ccc1C=Cc1cc(C=Cc2ccc3cc[nH]c3c2)nn1-c1ccccc1C. The minimum absolute atomic E-state index is 0.393. The number of nitrogens with one attached hydrogen (secondary N) is 1. The molecule has 0 aliphatic rings. The van der Waals surface area contributed by atoms with E-state index in [0.717, 1.165) is 56.5 Å². The van der Waals surface area contributed by atoms with E-state index in [2.05, 4.69) is 71.5 Å². The summed E-state index contributed by atoms with van der Waals surface area (Å²) >= 11 is 0. The normalized spacial score (nSPS) is 11.6. The maximum absolute atomic E-state index is 5.94. The Kier molecular flexibility index (Phi) is 7.45. The second-order valence-electron chi connectivity index (χ2n) is 9.70. The molecule has 3 aromatic carbocycles. The highest BCUT2D eigenvalue weighted by atomic mass is 16.5. The lowest BCUT2D eigenvalue weighted by atomic mass is 10.1. The van der Waals surface area contributed by atoms with E-state index in [1.54, 1.807) is 13.3 Å². The fourth-order valence-corrected chi connectivity index (χ4v) is 4.69. The van der Waals surface area contributed by atoms with Gasteiger partial charge in [-0.3, -0.25) is 4.98 Å². The molecule has 0 aliphatic heterocycles. The number of aryl methyl sites for hydroxylation is 1. The quantitative estimate of drug-likeness (QED) is 0.203. The highest BCUT2D eigenvalue weighted by Crippen LogP contribution is 2.28. The van der Waals surface area contributed by atoms with Crippen LogP contribution in [0.25, 0.3) is 40.9 Å². The lowest BCUT2D eigenvalue weighted by molar-refractivity contribution is 0.299. The van der Waals surface area contributed by atoms with Gasteiger partial charge in [0.2, 0.25) is 0 Å². The minimum atomic E-state index is 0.393. The van der Waals surface area contributed by atoms with Gasteiger partial charge in [-0.15, -0.1) is 0 Å². The number of rotatable bonds is 9. The van der Waals surface area contributed by atoms with Crippen LogP contribution < -0.4 is 9.47 Å². The molecule has 0 unspecified atom stereocenters. The highest BCUT2D eigenvalue weighted by Gasteiger charge is 2.10. The Hall–Kier alpha value is -5.36. The molecule has 3 heterocycles. The molecule has 0 atom stereocenters. The van der Waals surface area contributed by atoms with Crippen molar-refractivity contribution in [3.8, 4) is 17.2 Å². The maximum atomic E-state index is 5.94. The Labute approximate surface area is 239 Å². The molecule has 202 valence electrons. The summed E-state index contributed by atoms with van der Waals surface area (Å²) < 4.78 is 13.6. The molecule has 41 heavy (non-hydrogen) atoms. The molecule has 0 spiro atoms. The zero-order valence-electron chi connectivity index (χ0n) is 23.0. The Morgan fingerprint density at radius 1 is 0.854 bits per heavy atom. The molecule has 6 nitrogen and oxygen atoms in total. The summed E-state index contributed by atoms with van der Waals surface area (Å²) in [5.74, 6) is 1.45. The number of aromatic nitrogens is 4. The van der Waals surface area contributed by atoms with Crippen LogP contribution >= 0.6 is 0 Å². The number of hydrogen-bond acceptors (Lipinski definition) is 4. The largest absolute Gasteiger partial charge is 0.496 e. The monoisotopic (exact) mass is 538 g/mol. The number of fused-ring (bicyclic) bond motifs is 1. The number of H-pyrrole nitrogens is 1. The van der Waals surface area contributed by atoms with E-state index >= 15 is 0 Å². The number of ether oxygens (including phenoxy) is 2. The molecule has 6 rings (SSSR count). The predicted octanol–water partition coefficient (Wildman–Crippen LogP) is 7.99. The first-order chi connectivity index (χ1) is 20.2. The minimum Gasteiger partial charge on any atom is -0.496 e. The van der Waals surface area contributed by atoms with E-state index in [0.29, 0.717) is 6.61 Å². The van der Waals surface area contributed by atoms with Gasteiger partial charge in [-0.1, -0.05) is 42.5 Å². The number of nitrogens with zero attached hydrogens (tertiary/aromatic N) is 3. The molecule has 6 heteroatoms. The number of benzene rings is 3. The Balaban J connectivity index is 1.28. The van der Waals surface area contributed by atoms with Gasteiger partial charge in [0, 0.05) is 29.5 Å². The molecule has 0 saturated carbocycles. The zero-order valence-corrected chi connectivity index (χ0v) is 23.0. The molecule has 0 aliphatic carbocycles. The fraction of sp³-hybridized carbons (Fsp3) is 0.0857. The maximum Gasteiger partial charge on any atom is 0.130 e. The van der Waals surface area contributed by atoms with Crippen molar-refractivity contribution < 1.29 is 9.47 Å². The van der Waals surface area contributed by atoms with Crippen LogP contribution in [0.15, 0.2) is 103 Å². The molecule has 3 aromatic heterocycles. The van der Waals surface area contributed by atoms with Gasteiger partial charge in [-0.25, -0.2) is 4.68 Å². The van der Waals surface area contributed by atoms with Crippen molar-refractivity contribution in [2.24, 2.45) is 0 Å². The van der Waals surface area contributed by atoms with Crippen LogP contribution in [0.2, 0.25) is 0 Å². The number of aromatic amines is 1. The lowest BCUT2D eigenvalue weighted by Crippen LogP contribution is -2.01. The van der Waals surface area contributed by atoms with Gasteiger partial charge < -0.3 is 14.5 Å². The predicted molar refractivity (Wildman–Crippen MR) is 166 cm³/mol. The first kappa shape index (κ1) is 25.9. The Morgan fingerprint density at radius 3 is 2.61 bits per heavy atom. The van der Waals surface area contributed by atoms with Crippen molar-refractivity contribution >= 4 is 35.2 Å². The van der Waals surface area contributed by atoms with E-state index in [4.69, 9.17) is 14.6 Å². The van der Waals surface area contributed by atoms with Crippen LogP contribution in [-0.4, -0.2) is 26.9 Å². The van der Waals surface area contributed by atoms with E-state index in [-0.39, 0.29) is 0 Å². The Morgan fingerprint density at radius 2 is 1.76 bits per heavy atom. The topological polar surface area (TPSA) is 65.0 Å². The molecular formula is C35H30N4O2. The molecule has 0 amide bonds. The average Bonchev–Trinajstić information content (AvgIpc) is 3.65. The van der Waals surface area contributed by atoms with E-state index in [1.165, 1.54) is 5.39 Å². The van der Waals surface area contributed by atoms with Crippen LogP contribution in [0.1, 0.15) is 33.8 Å². The molecule has 0 fully saturated rings. The summed E-state index contributed by atoms with van der Waals surface area (Å²) in [5.41, 5.74) is 8.03. The van der Waals surface area contributed by atoms with Crippen LogP contribution in [-0.2, 0) is 6.61 Å². The van der Waals surface area contributed by atoms with Crippen LogP contribution in [0.5, 0.6) is 11.5 Å². The van der Waals surface area contributed by atoms with Crippen LogP contribution in [0, 0.1) is 6.92 Å². The molecule has 6 aromatic rings. The van der Waals surface area contributed by atoms with Gasteiger partial charge >= 0.3 is 0 Å². The Bertz CT molecular complexity index is 1850. The first-order valence-electron chi connectivity index (χ1n) is 13.5. The summed E-state index contributed by atoms with van der Waals surface area (Å²) in [7, 11) is 1.67. The van der Waals surface area contributed by atoms with Gasteiger partial charge in [-0.05, 0) is 90.2 Å². The average molecular weight is 539 g/mol. The highest BCUT2D eigenvalue weighted by molar-refractivity contribution is 5.83. The van der Waals surface area contributed by atoms with Crippen molar-refractivity contribution in [1.82, 2.24) is 19.7 Å². The van der Waals surface area contributed by atoms with Gasteiger partial charge in [0.1, 0.15) is 18.1 Å². The fourth-order valence-electron chi connectivity index (χ4n) is 4.69. The van der Waals surface area contributed by atoms with Crippen LogP contribution in [0.4, 0.5) is 0 Å². The van der Waals surface area contributed by atoms with Crippen molar-refractivity contribution in [2.45, 2.75) is 13.5 Å². The van der Waals surface area contributed by atoms with E-state index in [9.17, 15) is 0 Å². The first-order valence-corrected chi connectivity index (χ1v) is 13.5. The number of methoxy groups -OCH3 is 1. The van der Waals surface area contributed by atoms with Gasteiger partial charge in [0.15, 0.2) is 0 Å². The van der Waals surface area contributed by atoms with Crippen molar-refractivity contribution in [3.05, 3.63) is 137 Å². The molecule has 1 N–H and O–H groups in total. The van der Waals surface area contributed by atoms with Crippen LogP contribution in [0.3, 0.4) is 0 Å². The summed E-state index contributed by atoms with van der Waals surface area (Å²) in [6.07, 6.45) is 12.0. The smallest absolute Gasteiger partial charge is 0.130 e. The van der Waals surface area contributed by atoms with Crippen molar-refractivity contribution in [3.63, 3.8) is 0 Å². The number of para-hydroxylation sites is 1. The lowest BCUT2D eigenvalue weighted by Gasteiger charge is -2.10. The van der Waals surface area contributed by atoms with Crippen molar-refractivity contribution in [1.29, 1.82) is 0 Å². The zero-order chi connectivity index (χ0) is 28.0. The third-order valence-corrected chi connectivity index (χ3v) is 6.88. The second kappa shape index (κ2) is 11.8. The molecular weight excluding hydrogens is 508 g/mol. The van der Waals surface area contributed by atoms with Gasteiger partial charge in [0.25, 0.3) is 0 Å². The summed E-state index contributed by atoms with van der Waals surface area (Å²) in [4.78, 5) is 7.59. The van der Waals surface area contributed by atoms with Crippen molar-refractivity contribution in [2.75, 3.05) is 7.11 Å². The van der Waals surface area contributed by atoms with Gasteiger partial charge in [-0.2, -0.15) is 5.10 Å². The molecule has 0 bridgehead atoms. The molecule has 0 saturated heterocycles. The standard InChI is InChI=1S/C35H30N4O2/c1-25-7-3-4-9-34(25)39-31(22-29(38-39)15-11-26-10-12-27-18-20-37-33(27)21-26)16-13-28-14-17-32(23-35(28)40-2)41-24-30-8-5-6-19-36-30/h3-23,37H,24H2,1-2H3. The number of hydrogen-bond donors (Lipinski definition) is 1. The summed E-state index contributed by atoms with van der Waals surface area (Å²) in [5, 5.41) is 6.14. The summed E-state index contributed by atoms with van der Waals surface area (Å²) in [6, 6.07) is 30.4. The van der Waals surface area contributed by atoms with E-state index in [1.807, 2.05) is 71.6 Å². The van der Waals surface area contributed by atoms with E-state index < -0.39 is 0 Å².